The lowest BCUT2D eigenvalue weighted by Gasteiger charge is -2.14. The summed E-state index contributed by atoms with van der Waals surface area (Å²) in [6.07, 6.45) is -1.01. The maximum Gasteiger partial charge on any atom is 0.130 e. The van der Waals surface area contributed by atoms with Crippen molar-refractivity contribution >= 4 is 27.5 Å². The average Bonchev–Trinajstić information content (AvgIpc) is 2.29. The molecule has 0 amide bonds. The molecule has 0 saturated heterocycles. The van der Waals surface area contributed by atoms with Crippen LogP contribution in [-0.4, -0.2) is 5.11 Å². The van der Waals surface area contributed by atoms with Crippen LogP contribution < -0.4 is 0 Å². The minimum atomic E-state index is -1.01. The van der Waals surface area contributed by atoms with E-state index < -0.39 is 11.9 Å². The molecule has 0 radical (unpaired) electrons. The highest BCUT2D eigenvalue weighted by Gasteiger charge is 2.17. The van der Waals surface area contributed by atoms with E-state index in [4.69, 9.17) is 11.6 Å². The second-order valence-corrected chi connectivity index (χ2v) is 4.88. The van der Waals surface area contributed by atoms with E-state index in [1.165, 1.54) is 6.07 Å². The maximum absolute atomic E-state index is 13.6. The first-order chi connectivity index (χ1) is 8.09. The number of rotatable bonds is 2. The molecule has 4 heteroatoms. The average molecular weight is 316 g/mol. The molecule has 0 aromatic heterocycles. The number of aliphatic hydroxyl groups is 1. The highest BCUT2D eigenvalue weighted by Crippen LogP contribution is 2.31. The summed E-state index contributed by atoms with van der Waals surface area (Å²) in [4.78, 5) is 0. The molecule has 0 aliphatic carbocycles. The zero-order valence-electron chi connectivity index (χ0n) is 8.70. The van der Waals surface area contributed by atoms with E-state index in [9.17, 15) is 9.50 Å². The summed E-state index contributed by atoms with van der Waals surface area (Å²) >= 11 is 8.99. The Morgan fingerprint density at radius 2 is 1.76 bits per heavy atom. The summed E-state index contributed by atoms with van der Waals surface area (Å²) in [5.41, 5.74) is 0.829. The van der Waals surface area contributed by atoms with Crippen molar-refractivity contribution in [3.63, 3.8) is 0 Å². The summed E-state index contributed by atoms with van der Waals surface area (Å²) in [5.74, 6) is -0.443. The first-order valence-corrected chi connectivity index (χ1v) is 6.14. The molecule has 0 spiro atoms. The molecule has 1 N–H and O–H groups in total. The molecule has 88 valence electrons. The molecule has 1 unspecified atom stereocenters. The van der Waals surface area contributed by atoms with Gasteiger partial charge in [0.15, 0.2) is 0 Å². The Hall–Kier alpha value is -0.900. The molecule has 1 atom stereocenters. The van der Waals surface area contributed by atoms with Crippen LogP contribution in [0.5, 0.6) is 0 Å². The van der Waals surface area contributed by atoms with Gasteiger partial charge in [0.1, 0.15) is 11.9 Å². The van der Waals surface area contributed by atoms with Crippen molar-refractivity contribution in [3.05, 3.63) is 68.9 Å². The van der Waals surface area contributed by atoms with Gasteiger partial charge < -0.3 is 5.11 Å². The van der Waals surface area contributed by atoms with E-state index in [-0.39, 0.29) is 5.56 Å². The Morgan fingerprint density at radius 3 is 2.35 bits per heavy atom. The third kappa shape index (κ3) is 2.68. The molecule has 17 heavy (non-hydrogen) atoms. The van der Waals surface area contributed by atoms with Gasteiger partial charge in [-0.3, -0.25) is 0 Å². The summed E-state index contributed by atoms with van der Waals surface area (Å²) < 4.78 is 14.2. The standard InChI is InChI=1S/C13H9BrClFO/c14-10-2-1-3-11(16)12(10)13(17)8-4-6-9(15)7-5-8/h1-7,13,17H. The van der Waals surface area contributed by atoms with Crippen molar-refractivity contribution in [2.75, 3.05) is 0 Å². The second kappa shape index (κ2) is 5.17. The van der Waals surface area contributed by atoms with E-state index in [0.29, 0.717) is 15.1 Å². The fourth-order valence-corrected chi connectivity index (χ4v) is 2.27. The highest BCUT2D eigenvalue weighted by molar-refractivity contribution is 9.10. The van der Waals surface area contributed by atoms with E-state index in [2.05, 4.69) is 15.9 Å². The van der Waals surface area contributed by atoms with Crippen molar-refractivity contribution in [2.45, 2.75) is 6.10 Å². The van der Waals surface area contributed by atoms with Gasteiger partial charge in [-0.05, 0) is 29.8 Å². The molecular formula is C13H9BrClFO. The number of hydrogen-bond donors (Lipinski definition) is 1. The fourth-order valence-electron chi connectivity index (χ4n) is 1.58. The van der Waals surface area contributed by atoms with Gasteiger partial charge in [-0.1, -0.05) is 45.7 Å². The second-order valence-electron chi connectivity index (χ2n) is 3.59. The third-order valence-electron chi connectivity index (χ3n) is 2.46. The maximum atomic E-state index is 13.6. The quantitative estimate of drug-likeness (QED) is 0.875. The Bertz CT molecular complexity index is 507. The van der Waals surface area contributed by atoms with Gasteiger partial charge in [0, 0.05) is 15.1 Å². The van der Waals surface area contributed by atoms with Gasteiger partial charge in [0.2, 0.25) is 0 Å². The van der Waals surface area contributed by atoms with Gasteiger partial charge in [0.05, 0.1) is 0 Å². The van der Waals surface area contributed by atoms with Crippen LogP contribution in [0.1, 0.15) is 17.2 Å². The predicted molar refractivity (Wildman–Crippen MR) is 69.6 cm³/mol. The van der Waals surface area contributed by atoms with Gasteiger partial charge in [0.25, 0.3) is 0 Å². The van der Waals surface area contributed by atoms with E-state index in [1.807, 2.05) is 0 Å². The SMILES string of the molecule is OC(c1ccc(Cl)cc1)c1c(F)cccc1Br. The Labute approximate surface area is 112 Å². The Morgan fingerprint density at radius 1 is 1.12 bits per heavy atom. The lowest BCUT2D eigenvalue weighted by atomic mass is 10.0. The first-order valence-electron chi connectivity index (χ1n) is 4.97. The van der Waals surface area contributed by atoms with Gasteiger partial charge in [-0.2, -0.15) is 0 Å². The first kappa shape index (κ1) is 12.6. The number of halogens is 3. The van der Waals surface area contributed by atoms with Crippen molar-refractivity contribution < 1.29 is 9.50 Å². The van der Waals surface area contributed by atoms with E-state index in [0.717, 1.165) is 0 Å². The lowest BCUT2D eigenvalue weighted by Crippen LogP contribution is -2.03. The molecule has 0 fully saturated rings. The normalized spacial score (nSPS) is 12.5. The fraction of sp³-hybridized carbons (Fsp3) is 0.0769. The van der Waals surface area contributed by atoms with Crippen molar-refractivity contribution in [1.82, 2.24) is 0 Å². The van der Waals surface area contributed by atoms with Crippen molar-refractivity contribution in [1.29, 1.82) is 0 Å². The topological polar surface area (TPSA) is 20.2 Å². The largest absolute Gasteiger partial charge is 0.384 e. The minimum absolute atomic E-state index is 0.231. The van der Waals surface area contributed by atoms with E-state index in [1.54, 1.807) is 36.4 Å². The molecule has 1 nitrogen and oxygen atoms in total. The van der Waals surface area contributed by atoms with Crippen LogP contribution in [0, 0.1) is 5.82 Å². The smallest absolute Gasteiger partial charge is 0.130 e. The molecule has 2 aromatic rings. The molecular weight excluding hydrogens is 306 g/mol. The molecule has 2 rings (SSSR count). The zero-order chi connectivity index (χ0) is 12.4. The minimum Gasteiger partial charge on any atom is -0.384 e. The summed E-state index contributed by atoms with van der Waals surface area (Å²) in [6, 6.07) is 11.3. The van der Waals surface area contributed by atoms with E-state index >= 15 is 0 Å². The van der Waals surface area contributed by atoms with Crippen molar-refractivity contribution in [2.24, 2.45) is 0 Å². The van der Waals surface area contributed by atoms with Crippen molar-refractivity contribution in [3.8, 4) is 0 Å². The van der Waals surface area contributed by atoms with Gasteiger partial charge >= 0.3 is 0 Å². The van der Waals surface area contributed by atoms with Crippen LogP contribution >= 0.6 is 27.5 Å². The monoisotopic (exact) mass is 314 g/mol. The summed E-state index contributed by atoms with van der Waals surface area (Å²) in [5, 5.41) is 10.7. The summed E-state index contributed by atoms with van der Waals surface area (Å²) in [6.45, 7) is 0. The third-order valence-corrected chi connectivity index (χ3v) is 3.40. The van der Waals surface area contributed by atoms with Crippen LogP contribution in [0.2, 0.25) is 5.02 Å². The molecule has 2 aromatic carbocycles. The Balaban J connectivity index is 2.43. The molecule has 0 bridgehead atoms. The van der Waals surface area contributed by atoms with Gasteiger partial charge in [-0.15, -0.1) is 0 Å². The molecule has 0 heterocycles. The van der Waals surface area contributed by atoms with Crippen LogP contribution in [0.15, 0.2) is 46.9 Å². The summed E-state index contributed by atoms with van der Waals surface area (Å²) in [7, 11) is 0. The molecule has 0 aliphatic heterocycles. The highest BCUT2D eigenvalue weighted by atomic mass is 79.9. The Kier molecular flexibility index (Phi) is 3.82. The van der Waals surface area contributed by atoms with Crippen LogP contribution in [0.3, 0.4) is 0 Å². The van der Waals surface area contributed by atoms with Crippen LogP contribution in [-0.2, 0) is 0 Å². The predicted octanol–water partition coefficient (Wildman–Crippen LogP) is 4.32. The van der Waals surface area contributed by atoms with Gasteiger partial charge in [-0.25, -0.2) is 4.39 Å². The lowest BCUT2D eigenvalue weighted by molar-refractivity contribution is 0.214. The molecule has 0 saturated carbocycles. The zero-order valence-corrected chi connectivity index (χ0v) is 11.0. The van der Waals surface area contributed by atoms with Crippen LogP contribution in [0.25, 0.3) is 0 Å². The molecule has 0 aliphatic rings. The number of hydrogen-bond acceptors (Lipinski definition) is 1. The number of aliphatic hydroxyl groups excluding tert-OH is 1. The number of benzene rings is 2. The van der Waals surface area contributed by atoms with Crippen LogP contribution in [0.4, 0.5) is 4.39 Å².